The van der Waals surface area contributed by atoms with Crippen LogP contribution in [-0.2, 0) is 19.0 Å². The van der Waals surface area contributed by atoms with Crippen LogP contribution in [0, 0.1) is 11.3 Å². The molecule has 20 heavy (non-hydrogen) atoms. The fourth-order valence-corrected chi connectivity index (χ4v) is 1.55. The molecule has 0 N–H and O–H groups in total. The molecular weight excluding hydrogens is 260 g/mol. The third-order valence-corrected chi connectivity index (χ3v) is 2.61. The van der Waals surface area contributed by atoms with Crippen LogP contribution in [0.1, 0.15) is 6.92 Å². The summed E-state index contributed by atoms with van der Waals surface area (Å²) in [7, 11) is 0. The van der Waals surface area contributed by atoms with Gasteiger partial charge in [0.05, 0.1) is 19.8 Å². The number of morpholine rings is 1. The van der Waals surface area contributed by atoms with Crippen molar-refractivity contribution in [2.24, 2.45) is 0 Å². The van der Waals surface area contributed by atoms with Gasteiger partial charge in [0.2, 0.25) is 0 Å². The van der Waals surface area contributed by atoms with Crippen molar-refractivity contribution < 1.29 is 19.0 Å². The first-order valence-corrected chi connectivity index (χ1v) is 6.63. The normalized spacial score (nSPS) is 16.2. The number of ether oxygens (including phenoxy) is 3. The molecule has 1 heterocycles. The predicted molar refractivity (Wildman–Crippen MR) is 72.7 cm³/mol. The first-order chi connectivity index (χ1) is 9.77. The van der Waals surface area contributed by atoms with Crippen LogP contribution in [0.4, 0.5) is 0 Å². The van der Waals surface area contributed by atoms with Crippen molar-refractivity contribution in [3.8, 4) is 6.07 Å². The van der Waals surface area contributed by atoms with Crippen molar-refractivity contribution in [2.75, 3.05) is 46.1 Å². The van der Waals surface area contributed by atoms with E-state index in [4.69, 9.17) is 19.5 Å². The molecule has 0 aromatic carbocycles. The minimum Gasteiger partial charge on any atom is -0.459 e. The number of esters is 1. The Labute approximate surface area is 119 Å². The van der Waals surface area contributed by atoms with Crippen molar-refractivity contribution >= 4 is 5.97 Å². The van der Waals surface area contributed by atoms with E-state index in [9.17, 15) is 4.79 Å². The Hall–Kier alpha value is -1.84. The van der Waals surface area contributed by atoms with Gasteiger partial charge >= 0.3 is 5.97 Å². The molecule has 0 aromatic heterocycles. The lowest BCUT2D eigenvalue weighted by atomic mass is 10.2. The van der Waals surface area contributed by atoms with E-state index < -0.39 is 5.97 Å². The number of hydrogen-bond donors (Lipinski definition) is 0. The Balaban J connectivity index is 2.39. The monoisotopic (exact) mass is 280 g/mol. The largest absolute Gasteiger partial charge is 0.459 e. The highest BCUT2D eigenvalue weighted by molar-refractivity contribution is 5.93. The van der Waals surface area contributed by atoms with E-state index in [0.29, 0.717) is 26.4 Å². The summed E-state index contributed by atoms with van der Waals surface area (Å²) in [5.74, 6) is -0.626. The molecule has 1 aliphatic heterocycles. The first-order valence-electron chi connectivity index (χ1n) is 6.63. The molecule has 0 bridgehead atoms. The molecule has 0 saturated carbocycles. The average Bonchev–Trinajstić information content (AvgIpc) is 2.49. The quantitative estimate of drug-likeness (QED) is 0.226. The number of carbonyl (C=O) groups excluding carboxylic acids is 1. The van der Waals surface area contributed by atoms with E-state index in [2.05, 4.69) is 4.90 Å². The Kier molecular flexibility index (Phi) is 8.11. The van der Waals surface area contributed by atoms with Gasteiger partial charge in [-0.25, -0.2) is 4.79 Å². The Bertz CT molecular complexity index is 392. The van der Waals surface area contributed by atoms with Gasteiger partial charge in [-0.3, -0.25) is 0 Å². The second-order valence-corrected chi connectivity index (χ2v) is 4.01. The fraction of sp³-hybridized carbons (Fsp3) is 0.571. The van der Waals surface area contributed by atoms with E-state index in [-0.39, 0.29) is 12.2 Å². The van der Waals surface area contributed by atoms with E-state index in [1.165, 1.54) is 6.08 Å². The molecule has 0 aromatic rings. The molecule has 1 saturated heterocycles. The molecule has 6 heteroatoms. The lowest BCUT2D eigenvalue weighted by molar-refractivity contribution is -0.140. The second kappa shape index (κ2) is 10.0. The summed E-state index contributed by atoms with van der Waals surface area (Å²) < 4.78 is 15.2. The van der Waals surface area contributed by atoms with Crippen molar-refractivity contribution in [1.82, 2.24) is 4.90 Å². The summed E-state index contributed by atoms with van der Waals surface area (Å²) in [6.07, 6.45) is 4.97. The molecule has 0 atom stereocenters. The van der Waals surface area contributed by atoms with Crippen LogP contribution in [0.25, 0.3) is 0 Å². The van der Waals surface area contributed by atoms with Gasteiger partial charge in [0.25, 0.3) is 0 Å². The average molecular weight is 280 g/mol. The highest BCUT2D eigenvalue weighted by atomic mass is 16.6. The number of nitrogens with zero attached hydrogens (tertiary/aromatic N) is 2. The van der Waals surface area contributed by atoms with Crippen LogP contribution in [0.2, 0.25) is 0 Å². The highest BCUT2D eigenvalue weighted by Gasteiger charge is 2.09. The highest BCUT2D eigenvalue weighted by Crippen LogP contribution is 2.01. The van der Waals surface area contributed by atoms with Crippen LogP contribution in [0.5, 0.6) is 0 Å². The van der Waals surface area contributed by atoms with E-state index in [0.717, 1.165) is 13.1 Å². The maximum Gasteiger partial charge on any atom is 0.348 e. The number of rotatable bonds is 7. The van der Waals surface area contributed by atoms with Gasteiger partial charge in [-0.1, -0.05) is 0 Å². The van der Waals surface area contributed by atoms with Crippen LogP contribution in [0.15, 0.2) is 23.9 Å². The molecule has 1 fully saturated rings. The van der Waals surface area contributed by atoms with Gasteiger partial charge in [-0.2, -0.15) is 5.26 Å². The second-order valence-electron chi connectivity index (χ2n) is 4.01. The molecule has 1 rings (SSSR count). The molecule has 6 nitrogen and oxygen atoms in total. The van der Waals surface area contributed by atoms with Gasteiger partial charge in [0, 0.05) is 19.7 Å². The van der Waals surface area contributed by atoms with Crippen LogP contribution < -0.4 is 0 Å². The smallest absolute Gasteiger partial charge is 0.348 e. The Morgan fingerprint density at radius 2 is 2.15 bits per heavy atom. The van der Waals surface area contributed by atoms with Gasteiger partial charge in [-0.05, 0) is 25.3 Å². The molecular formula is C14H20N2O4. The number of carbonyl (C=O) groups is 1. The maximum absolute atomic E-state index is 11.6. The van der Waals surface area contributed by atoms with Gasteiger partial charge in [0.15, 0.2) is 0 Å². The van der Waals surface area contributed by atoms with Gasteiger partial charge in [-0.15, -0.1) is 0 Å². The summed E-state index contributed by atoms with van der Waals surface area (Å²) >= 11 is 0. The topological polar surface area (TPSA) is 71.8 Å². The zero-order chi connectivity index (χ0) is 14.6. The number of nitriles is 1. The van der Waals surface area contributed by atoms with E-state index >= 15 is 0 Å². The third kappa shape index (κ3) is 6.36. The molecule has 0 radical (unpaired) electrons. The van der Waals surface area contributed by atoms with Crippen LogP contribution >= 0.6 is 0 Å². The third-order valence-electron chi connectivity index (χ3n) is 2.61. The summed E-state index contributed by atoms with van der Waals surface area (Å²) in [6, 6.07) is 1.83. The molecule has 0 amide bonds. The molecule has 110 valence electrons. The zero-order valence-corrected chi connectivity index (χ0v) is 11.7. The van der Waals surface area contributed by atoms with Crippen molar-refractivity contribution in [3.05, 3.63) is 23.9 Å². The van der Waals surface area contributed by atoms with Gasteiger partial charge in [0.1, 0.15) is 18.2 Å². The van der Waals surface area contributed by atoms with Gasteiger partial charge < -0.3 is 19.1 Å². The minimum absolute atomic E-state index is 0.0222. The summed E-state index contributed by atoms with van der Waals surface area (Å²) in [6.45, 7) is 5.93. The molecule has 1 aliphatic rings. The summed E-state index contributed by atoms with van der Waals surface area (Å²) in [5, 5.41) is 8.92. The zero-order valence-electron chi connectivity index (χ0n) is 11.7. The SMILES string of the molecule is CCOCCOC(=O)C(C#N)=CC=CN1CCOCC1. The summed E-state index contributed by atoms with van der Waals surface area (Å²) in [4.78, 5) is 13.6. The number of hydrogen-bond acceptors (Lipinski definition) is 6. The van der Waals surface area contributed by atoms with Crippen molar-refractivity contribution in [1.29, 1.82) is 5.26 Å². The number of allylic oxidation sites excluding steroid dienone is 2. The predicted octanol–water partition coefficient (Wildman–Crippen LogP) is 0.862. The maximum atomic E-state index is 11.6. The minimum atomic E-state index is -0.626. The lowest BCUT2D eigenvalue weighted by Crippen LogP contribution is -2.31. The Morgan fingerprint density at radius 1 is 1.40 bits per heavy atom. The molecule has 0 unspecified atom stereocenters. The molecule has 0 spiro atoms. The summed E-state index contributed by atoms with van der Waals surface area (Å²) in [5.41, 5.74) is -0.0222. The molecule has 0 aliphatic carbocycles. The van der Waals surface area contributed by atoms with Crippen molar-refractivity contribution in [2.45, 2.75) is 6.92 Å². The lowest BCUT2D eigenvalue weighted by Gasteiger charge is -2.24. The Morgan fingerprint density at radius 3 is 2.80 bits per heavy atom. The van der Waals surface area contributed by atoms with Crippen molar-refractivity contribution in [3.63, 3.8) is 0 Å². The first kappa shape index (κ1) is 16.2. The van der Waals surface area contributed by atoms with Crippen LogP contribution in [0.3, 0.4) is 0 Å². The van der Waals surface area contributed by atoms with E-state index in [1.807, 2.05) is 19.2 Å². The van der Waals surface area contributed by atoms with E-state index in [1.54, 1.807) is 6.08 Å². The standard InChI is InChI=1S/C14H20N2O4/c1-2-18-10-11-20-14(17)13(12-15)4-3-5-16-6-8-19-9-7-16/h3-5H,2,6-11H2,1H3. The van der Waals surface area contributed by atoms with Crippen LogP contribution in [-0.4, -0.2) is 57.0 Å². The fourth-order valence-electron chi connectivity index (χ4n) is 1.55.